The molecule has 2 rings (SSSR count). The molecule has 2 aromatic carbocycles. The topological polar surface area (TPSA) is 56.8 Å². The van der Waals surface area contributed by atoms with Crippen LogP contribution in [0.15, 0.2) is 40.9 Å². The number of anilines is 1. The Morgan fingerprint density at radius 2 is 1.75 bits per heavy atom. The first-order valence-corrected chi connectivity index (χ1v) is 7.88. The van der Waals surface area contributed by atoms with Crippen LogP contribution in [0.3, 0.4) is 0 Å². The van der Waals surface area contributed by atoms with Crippen molar-refractivity contribution < 1.29 is 23.4 Å². The molecule has 1 atom stereocenters. The van der Waals surface area contributed by atoms with Crippen LogP contribution in [0.25, 0.3) is 0 Å². The highest BCUT2D eigenvalue weighted by Crippen LogP contribution is 2.30. The molecule has 1 N–H and O–H groups in total. The first-order chi connectivity index (χ1) is 11.4. The van der Waals surface area contributed by atoms with Gasteiger partial charge in [0.25, 0.3) is 5.91 Å². The smallest absolute Gasteiger partial charge is 0.265 e. The second-order valence-corrected chi connectivity index (χ2v) is 5.81. The van der Waals surface area contributed by atoms with Gasteiger partial charge >= 0.3 is 0 Å². The fourth-order valence-corrected chi connectivity index (χ4v) is 2.31. The third-order valence-electron chi connectivity index (χ3n) is 3.22. The molecule has 0 saturated heterocycles. The third kappa shape index (κ3) is 4.38. The van der Waals surface area contributed by atoms with Crippen molar-refractivity contribution in [3.8, 4) is 17.2 Å². The number of carbonyl (C=O) groups is 1. The van der Waals surface area contributed by atoms with E-state index < -0.39 is 17.8 Å². The number of hydrogen-bond donors (Lipinski definition) is 1. The molecule has 0 heterocycles. The van der Waals surface area contributed by atoms with E-state index >= 15 is 0 Å². The average molecular weight is 398 g/mol. The van der Waals surface area contributed by atoms with Crippen molar-refractivity contribution in [2.75, 3.05) is 19.5 Å². The number of carbonyl (C=O) groups excluding carboxylic acids is 1. The number of ether oxygens (including phenoxy) is 3. The minimum atomic E-state index is -0.881. The van der Waals surface area contributed by atoms with Crippen LogP contribution in [0.5, 0.6) is 17.2 Å². The number of benzene rings is 2. The average Bonchev–Trinajstić information content (AvgIpc) is 2.57. The van der Waals surface area contributed by atoms with Gasteiger partial charge in [0.2, 0.25) is 0 Å². The third-order valence-corrected chi connectivity index (χ3v) is 3.71. The Bertz CT molecular complexity index is 739. The maximum atomic E-state index is 13.8. The number of hydrogen-bond acceptors (Lipinski definition) is 4. The van der Waals surface area contributed by atoms with Gasteiger partial charge in [-0.2, -0.15) is 0 Å². The summed E-state index contributed by atoms with van der Waals surface area (Å²) in [6.07, 6.45) is -0.881. The summed E-state index contributed by atoms with van der Waals surface area (Å²) < 4.78 is 30.0. The van der Waals surface area contributed by atoms with E-state index in [0.717, 1.165) is 0 Å². The summed E-state index contributed by atoms with van der Waals surface area (Å²) >= 11 is 3.16. The molecular weight excluding hydrogens is 381 g/mol. The van der Waals surface area contributed by atoms with Crippen molar-refractivity contribution in [1.82, 2.24) is 0 Å². The molecule has 0 aliphatic rings. The quantitative estimate of drug-likeness (QED) is 0.799. The summed E-state index contributed by atoms with van der Waals surface area (Å²) in [5, 5.41) is 2.69. The van der Waals surface area contributed by atoms with Gasteiger partial charge in [-0.05, 0) is 37.3 Å². The molecule has 0 fully saturated rings. The van der Waals surface area contributed by atoms with E-state index in [9.17, 15) is 9.18 Å². The van der Waals surface area contributed by atoms with Gasteiger partial charge in [0, 0.05) is 16.2 Å². The van der Waals surface area contributed by atoms with Gasteiger partial charge in [-0.1, -0.05) is 15.9 Å². The molecule has 1 amide bonds. The molecule has 0 aliphatic heterocycles. The molecule has 0 radical (unpaired) electrons. The van der Waals surface area contributed by atoms with E-state index in [1.807, 2.05) is 0 Å². The largest absolute Gasteiger partial charge is 0.493 e. The molecule has 0 saturated carbocycles. The maximum Gasteiger partial charge on any atom is 0.265 e. The highest BCUT2D eigenvalue weighted by Gasteiger charge is 2.17. The minimum absolute atomic E-state index is 0.00756. The summed E-state index contributed by atoms with van der Waals surface area (Å²) in [6.45, 7) is 1.54. The Kier molecular flexibility index (Phi) is 6.03. The summed E-state index contributed by atoms with van der Waals surface area (Å²) in [5.41, 5.74) is 0.518. The lowest BCUT2D eigenvalue weighted by molar-refractivity contribution is -0.122. The minimum Gasteiger partial charge on any atom is -0.493 e. The number of amides is 1. The molecule has 0 unspecified atom stereocenters. The Morgan fingerprint density at radius 3 is 2.38 bits per heavy atom. The standard InChI is InChI=1S/C17H17BrFNO4/c1-10(24-14-6-4-11(18)8-13(14)19)17(21)20-12-5-7-15(22-2)16(9-12)23-3/h4-10H,1-3H3,(H,20,21)/t10-/m1/s1. The molecule has 24 heavy (non-hydrogen) atoms. The van der Waals surface area contributed by atoms with Crippen molar-refractivity contribution in [2.24, 2.45) is 0 Å². The summed E-state index contributed by atoms with van der Waals surface area (Å²) in [7, 11) is 3.03. The van der Waals surface area contributed by atoms with E-state index in [4.69, 9.17) is 14.2 Å². The van der Waals surface area contributed by atoms with Crippen LogP contribution in [-0.2, 0) is 4.79 Å². The van der Waals surface area contributed by atoms with Gasteiger partial charge in [0.15, 0.2) is 29.2 Å². The summed E-state index contributed by atoms with van der Waals surface area (Å²) in [6, 6.07) is 9.34. The molecule has 0 bridgehead atoms. The van der Waals surface area contributed by atoms with E-state index in [1.165, 1.54) is 33.3 Å². The van der Waals surface area contributed by atoms with Crippen LogP contribution in [-0.4, -0.2) is 26.2 Å². The predicted molar refractivity (Wildman–Crippen MR) is 92.4 cm³/mol. The van der Waals surface area contributed by atoms with Gasteiger partial charge in [-0.25, -0.2) is 4.39 Å². The second-order valence-electron chi connectivity index (χ2n) is 4.89. The highest BCUT2D eigenvalue weighted by molar-refractivity contribution is 9.10. The first-order valence-electron chi connectivity index (χ1n) is 7.09. The van der Waals surface area contributed by atoms with Crippen molar-refractivity contribution in [1.29, 1.82) is 0 Å². The van der Waals surface area contributed by atoms with Crippen molar-refractivity contribution in [3.05, 3.63) is 46.7 Å². The van der Waals surface area contributed by atoms with Crippen LogP contribution in [0, 0.1) is 5.82 Å². The predicted octanol–water partition coefficient (Wildman–Crippen LogP) is 4.01. The van der Waals surface area contributed by atoms with E-state index in [1.54, 1.807) is 24.3 Å². The van der Waals surface area contributed by atoms with Gasteiger partial charge in [0.1, 0.15) is 0 Å². The lowest BCUT2D eigenvalue weighted by Gasteiger charge is -2.16. The number of rotatable bonds is 6. The highest BCUT2D eigenvalue weighted by atomic mass is 79.9. The lowest BCUT2D eigenvalue weighted by Crippen LogP contribution is -2.30. The fourth-order valence-electron chi connectivity index (χ4n) is 1.97. The van der Waals surface area contributed by atoms with Crippen molar-refractivity contribution >= 4 is 27.5 Å². The number of halogens is 2. The molecule has 128 valence electrons. The van der Waals surface area contributed by atoms with Crippen LogP contribution >= 0.6 is 15.9 Å². The zero-order valence-corrected chi connectivity index (χ0v) is 15.0. The molecule has 0 aliphatic carbocycles. The normalized spacial score (nSPS) is 11.5. The number of methoxy groups -OCH3 is 2. The number of nitrogens with one attached hydrogen (secondary N) is 1. The molecule has 0 aromatic heterocycles. The van der Waals surface area contributed by atoms with Crippen molar-refractivity contribution in [3.63, 3.8) is 0 Å². The maximum absolute atomic E-state index is 13.8. The fraction of sp³-hybridized carbons (Fsp3) is 0.235. The van der Waals surface area contributed by atoms with E-state index in [0.29, 0.717) is 21.7 Å². The molecule has 7 heteroatoms. The van der Waals surface area contributed by atoms with Crippen molar-refractivity contribution in [2.45, 2.75) is 13.0 Å². The van der Waals surface area contributed by atoms with Crippen LogP contribution < -0.4 is 19.5 Å². The first kappa shape index (κ1) is 18.1. The monoisotopic (exact) mass is 397 g/mol. The lowest BCUT2D eigenvalue weighted by atomic mass is 10.2. The zero-order valence-electron chi connectivity index (χ0n) is 13.4. The Labute approximate surface area is 147 Å². The van der Waals surface area contributed by atoms with Gasteiger partial charge in [-0.3, -0.25) is 4.79 Å². The SMILES string of the molecule is COc1ccc(NC(=O)[C@@H](C)Oc2ccc(Br)cc2F)cc1OC. The van der Waals surface area contributed by atoms with Crippen LogP contribution in [0.1, 0.15) is 6.92 Å². The molecule has 5 nitrogen and oxygen atoms in total. The van der Waals surface area contributed by atoms with E-state index in [2.05, 4.69) is 21.2 Å². The molecule has 2 aromatic rings. The second kappa shape index (κ2) is 8.01. The van der Waals surface area contributed by atoms with Gasteiger partial charge in [-0.15, -0.1) is 0 Å². The zero-order chi connectivity index (χ0) is 17.7. The Balaban J connectivity index is 2.06. The Hall–Kier alpha value is -2.28. The Morgan fingerprint density at radius 1 is 1.08 bits per heavy atom. The summed E-state index contributed by atoms with van der Waals surface area (Å²) in [5.74, 6) is 0.0902. The van der Waals surface area contributed by atoms with Crippen LogP contribution in [0.2, 0.25) is 0 Å². The van der Waals surface area contributed by atoms with Crippen LogP contribution in [0.4, 0.5) is 10.1 Å². The molecule has 0 spiro atoms. The molecular formula is C17H17BrFNO4. The van der Waals surface area contributed by atoms with Gasteiger partial charge < -0.3 is 19.5 Å². The van der Waals surface area contributed by atoms with E-state index in [-0.39, 0.29) is 5.75 Å². The summed E-state index contributed by atoms with van der Waals surface area (Å²) in [4.78, 5) is 12.2. The van der Waals surface area contributed by atoms with Gasteiger partial charge in [0.05, 0.1) is 14.2 Å².